The zero-order valence-electron chi connectivity index (χ0n) is 8.70. The van der Waals surface area contributed by atoms with E-state index in [2.05, 4.69) is 18.2 Å². The molecule has 0 amide bonds. The number of rotatable bonds is 8. The quantitative estimate of drug-likeness (QED) is 0.589. The Kier molecular flexibility index (Phi) is 6.78. The van der Waals surface area contributed by atoms with Gasteiger partial charge in [0.25, 0.3) is 0 Å². The minimum Gasteiger partial charge on any atom is -0.329 e. The molecule has 0 aromatic heterocycles. The first-order valence-corrected chi connectivity index (χ1v) is 6.52. The summed E-state index contributed by atoms with van der Waals surface area (Å²) in [5, 5.41) is 0. The first-order valence-electron chi connectivity index (χ1n) is 4.86. The summed E-state index contributed by atoms with van der Waals surface area (Å²) in [6.45, 7) is 5.80. The highest BCUT2D eigenvalue weighted by Gasteiger charge is 2.14. The minimum atomic E-state index is -3.22. The van der Waals surface area contributed by atoms with E-state index in [-0.39, 0.29) is 11.8 Å². The summed E-state index contributed by atoms with van der Waals surface area (Å²) < 4.78 is 25.2. The van der Waals surface area contributed by atoms with E-state index in [4.69, 9.17) is 5.73 Å². The number of nitrogens with two attached hydrogens (primary N) is 1. The molecule has 0 aliphatic carbocycles. The van der Waals surface area contributed by atoms with Gasteiger partial charge in [-0.3, -0.25) is 0 Å². The lowest BCUT2D eigenvalue weighted by Crippen LogP contribution is -2.40. The van der Waals surface area contributed by atoms with E-state index < -0.39 is 10.0 Å². The Labute approximate surface area is 86.6 Å². The number of hydrogen-bond donors (Lipinski definition) is 2. The molecule has 0 saturated carbocycles. The summed E-state index contributed by atoms with van der Waals surface area (Å²) in [7, 11) is -3.22. The highest BCUT2D eigenvalue weighted by atomic mass is 32.2. The maximum Gasteiger partial charge on any atom is 0.215 e. The Hall–Kier alpha value is -0.390. The molecule has 0 rings (SSSR count). The molecule has 0 aliphatic heterocycles. The summed E-state index contributed by atoms with van der Waals surface area (Å²) in [5.74, 6) is -0.0460. The van der Waals surface area contributed by atoms with Crippen LogP contribution in [0.25, 0.3) is 0 Å². The van der Waals surface area contributed by atoms with Gasteiger partial charge in [0.2, 0.25) is 10.0 Å². The molecule has 0 saturated heterocycles. The summed E-state index contributed by atoms with van der Waals surface area (Å²) in [6.07, 6.45) is 4.19. The molecule has 0 aromatic rings. The van der Waals surface area contributed by atoms with Crippen LogP contribution in [0.3, 0.4) is 0 Å². The normalized spacial score (nSPS) is 13.9. The summed E-state index contributed by atoms with van der Waals surface area (Å²) in [4.78, 5) is 0. The highest BCUT2D eigenvalue weighted by Crippen LogP contribution is 2.01. The molecule has 0 aliphatic rings. The van der Waals surface area contributed by atoms with Crippen LogP contribution in [0.4, 0.5) is 0 Å². The zero-order chi connectivity index (χ0) is 11.0. The topological polar surface area (TPSA) is 72.2 Å². The molecule has 5 heteroatoms. The molecule has 3 N–H and O–H groups in total. The average Bonchev–Trinajstić information content (AvgIpc) is 2.12. The van der Waals surface area contributed by atoms with Crippen molar-refractivity contribution in [2.45, 2.75) is 32.2 Å². The lowest BCUT2D eigenvalue weighted by molar-refractivity contribution is 0.518. The molecule has 1 atom stereocenters. The van der Waals surface area contributed by atoms with Crippen LogP contribution in [0.1, 0.15) is 26.2 Å². The predicted molar refractivity (Wildman–Crippen MR) is 59.5 cm³/mol. The van der Waals surface area contributed by atoms with Crippen molar-refractivity contribution in [3.8, 4) is 0 Å². The SMILES string of the molecule is C=CCS(=O)(=O)NC(CN)CCCC. The number of sulfonamides is 1. The van der Waals surface area contributed by atoms with Crippen molar-refractivity contribution >= 4 is 10.0 Å². The van der Waals surface area contributed by atoms with Crippen LogP contribution in [0, 0.1) is 0 Å². The molecule has 4 nitrogen and oxygen atoms in total. The Bertz CT molecular complexity index is 250. The largest absolute Gasteiger partial charge is 0.329 e. The molecular weight excluding hydrogens is 200 g/mol. The third-order valence-electron chi connectivity index (χ3n) is 1.87. The maximum atomic E-state index is 11.3. The Morgan fingerprint density at radius 1 is 1.57 bits per heavy atom. The van der Waals surface area contributed by atoms with Crippen molar-refractivity contribution < 1.29 is 8.42 Å². The van der Waals surface area contributed by atoms with Crippen molar-refractivity contribution in [1.82, 2.24) is 4.72 Å². The van der Waals surface area contributed by atoms with Crippen molar-refractivity contribution in [3.63, 3.8) is 0 Å². The third-order valence-corrected chi connectivity index (χ3v) is 3.24. The monoisotopic (exact) mass is 220 g/mol. The van der Waals surface area contributed by atoms with Gasteiger partial charge in [-0.15, -0.1) is 6.58 Å². The lowest BCUT2D eigenvalue weighted by Gasteiger charge is -2.15. The van der Waals surface area contributed by atoms with Gasteiger partial charge in [-0.05, 0) is 6.42 Å². The van der Waals surface area contributed by atoms with Gasteiger partial charge in [0.1, 0.15) is 0 Å². The molecule has 84 valence electrons. The van der Waals surface area contributed by atoms with E-state index in [1.807, 2.05) is 0 Å². The van der Waals surface area contributed by atoms with Crippen molar-refractivity contribution in [2.75, 3.05) is 12.3 Å². The van der Waals surface area contributed by atoms with Gasteiger partial charge in [-0.1, -0.05) is 25.8 Å². The smallest absolute Gasteiger partial charge is 0.215 e. The number of unbranched alkanes of at least 4 members (excludes halogenated alkanes) is 1. The first kappa shape index (κ1) is 13.6. The van der Waals surface area contributed by atoms with Gasteiger partial charge in [0.15, 0.2) is 0 Å². The molecule has 14 heavy (non-hydrogen) atoms. The van der Waals surface area contributed by atoms with Crippen LogP contribution >= 0.6 is 0 Å². The van der Waals surface area contributed by atoms with Gasteiger partial charge in [0.05, 0.1) is 5.75 Å². The van der Waals surface area contributed by atoms with Crippen molar-refractivity contribution in [3.05, 3.63) is 12.7 Å². The van der Waals surface area contributed by atoms with Crippen LogP contribution in [-0.4, -0.2) is 26.8 Å². The van der Waals surface area contributed by atoms with E-state index in [0.717, 1.165) is 19.3 Å². The average molecular weight is 220 g/mol. The van der Waals surface area contributed by atoms with E-state index in [9.17, 15) is 8.42 Å². The van der Waals surface area contributed by atoms with Gasteiger partial charge >= 0.3 is 0 Å². The van der Waals surface area contributed by atoms with Crippen LogP contribution in [0.2, 0.25) is 0 Å². The first-order chi connectivity index (χ1) is 6.55. The van der Waals surface area contributed by atoms with E-state index in [0.29, 0.717) is 6.54 Å². The van der Waals surface area contributed by atoms with Gasteiger partial charge in [-0.2, -0.15) is 0 Å². The Morgan fingerprint density at radius 2 is 2.21 bits per heavy atom. The fourth-order valence-corrected chi connectivity index (χ4v) is 2.26. The van der Waals surface area contributed by atoms with Crippen LogP contribution in [0.5, 0.6) is 0 Å². The summed E-state index contributed by atoms with van der Waals surface area (Å²) >= 11 is 0. The summed E-state index contributed by atoms with van der Waals surface area (Å²) in [6, 6.07) is -0.139. The van der Waals surface area contributed by atoms with Crippen LogP contribution in [0.15, 0.2) is 12.7 Å². The van der Waals surface area contributed by atoms with Gasteiger partial charge in [-0.25, -0.2) is 13.1 Å². The van der Waals surface area contributed by atoms with Crippen LogP contribution in [-0.2, 0) is 10.0 Å². The zero-order valence-corrected chi connectivity index (χ0v) is 9.52. The van der Waals surface area contributed by atoms with E-state index in [1.165, 1.54) is 6.08 Å². The maximum absolute atomic E-state index is 11.3. The van der Waals surface area contributed by atoms with Crippen molar-refractivity contribution in [1.29, 1.82) is 0 Å². The minimum absolute atomic E-state index is 0.0460. The fourth-order valence-electron chi connectivity index (χ4n) is 1.13. The molecule has 0 radical (unpaired) electrons. The number of hydrogen-bond acceptors (Lipinski definition) is 3. The van der Waals surface area contributed by atoms with Crippen molar-refractivity contribution in [2.24, 2.45) is 5.73 Å². The fraction of sp³-hybridized carbons (Fsp3) is 0.778. The highest BCUT2D eigenvalue weighted by molar-refractivity contribution is 7.89. The molecule has 0 heterocycles. The van der Waals surface area contributed by atoms with Crippen LogP contribution < -0.4 is 10.5 Å². The Balaban J connectivity index is 4.09. The second-order valence-electron chi connectivity index (χ2n) is 3.26. The van der Waals surface area contributed by atoms with E-state index >= 15 is 0 Å². The summed E-state index contributed by atoms with van der Waals surface area (Å²) in [5.41, 5.74) is 5.46. The molecular formula is C9H20N2O2S. The third kappa shape index (κ3) is 6.12. The van der Waals surface area contributed by atoms with Gasteiger partial charge < -0.3 is 5.73 Å². The Morgan fingerprint density at radius 3 is 2.64 bits per heavy atom. The van der Waals surface area contributed by atoms with Gasteiger partial charge in [0, 0.05) is 12.6 Å². The molecule has 1 unspecified atom stereocenters. The van der Waals surface area contributed by atoms with E-state index in [1.54, 1.807) is 0 Å². The lowest BCUT2D eigenvalue weighted by atomic mass is 10.1. The predicted octanol–water partition coefficient (Wildman–Crippen LogP) is 0.609. The molecule has 0 spiro atoms. The molecule has 0 aromatic carbocycles. The molecule has 0 fully saturated rings. The standard InChI is InChI=1S/C9H20N2O2S/c1-3-5-6-9(8-10)11-14(12,13)7-4-2/h4,9,11H,2-3,5-8,10H2,1H3. The molecule has 0 bridgehead atoms. The second kappa shape index (κ2) is 6.98. The number of nitrogens with one attached hydrogen (secondary N) is 1. The second-order valence-corrected chi connectivity index (χ2v) is 5.06.